The monoisotopic (exact) mass is 428 g/mol. The molecular formula is C13H24N4O8S2. The number of aliphatic carboxylic acids is 3. The molecule has 0 spiro atoms. The van der Waals surface area contributed by atoms with E-state index in [1.54, 1.807) is 0 Å². The second kappa shape index (κ2) is 15.1. The van der Waals surface area contributed by atoms with E-state index in [-0.39, 0.29) is 24.3 Å². The van der Waals surface area contributed by atoms with Gasteiger partial charge in [-0.1, -0.05) is 0 Å². The van der Waals surface area contributed by atoms with Crippen molar-refractivity contribution in [2.24, 2.45) is 11.5 Å². The minimum Gasteiger partial charge on any atom is -0.480 e. The lowest BCUT2D eigenvalue weighted by Gasteiger charge is -2.16. The lowest BCUT2D eigenvalue weighted by molar-refractivity contribution is -0.139. The van der Waals surface area contributed by atoms with E-state index in [1.807, 2.05) is 0 Å². The largest absolute Gasteiger partial charge is 0.480 e. The van der Waals surface area contributed by atoms with E-state index in [0.29, 0.717) is 0 Å². The van der Waals surface area contributed by atoms with Crippen molar-refractivity contribution in [3.63, 3.8) is 0 Å². The molecule has 3 atom stereocenters. The number of hydrogen-bond donors (Lipinski definition) is 9. The number of nitrogens with one attached hydrogen (secondary N) is 2. The van der Waals surface area contributed by atoms with E-state index >= 15 is 0 Å². The number of nitrogens with two attached hydrogens (primary N) is 2. The molecule has 0 aromatic heterocycles. The van der Waals surface area contributed by atoms with Crippen LogP contribution in [0.25, 0.3) is 0 Å². The summed E-state index contributed by atoms with van der Waals surface area (Å²) in [5, 5.41) is 29.4. The summed E-state index contributed by atoms with van der Waals surface area (Å²) in [4.78, 5) is 53.5. The number of carboxylic acid groups (broad SMARTS) is 3. The molecule has 0 aliphatic rings. The summed E-state index contributed by atoms with van der Waals surface area (Å²) in [5.74, 6) is -4.52. The summed E-state index contributed by atoms with van der Waals surface area (Å²) < 4.78 is 0. The molecule has 0 rings (SSSR count). The van der Waals surface area contributed by atoms with Crippen LogP contribution in [-0.2, 0) is 24.0 Å². The smallest absolute Gasteiger partial charge is 0.322 e. The molecule has 0 heterocycles. The molecule has 0 radical (unpaired) electrons. The maximum Gasteiger partial charge on any atom is 0.322 e. The average Bonchev–Trinajstić information content (AvgIpc) is 2.61. The van der Waals surface area contributed by atoms with Crippen LogP contribution in [0.1, 0.15) is 12.8 Å². The van der Waals surface area contributed by atoms with E-state index in [2.05, 4.69) is 35.9 Å². The molecule has 12 nitrogen and oxygen atoms in total. The zero-order chi connectivity index (χ0) is 21.6. The number of amides is 2. The van der Waals surface area contributed by atoms with Gasteiger partial charge in [0.25, 0.3) is 0 Å². The van der Waals surface area contributed by atoms with E-state index in [4.69, 9.17) is 26.8 Å². The Balaban J connectivity index is 0. The maximum absolute atomic E-state index is 11.5. The third kappa shape index (κ3) is 14.8. The van der Waals surface area contributed by atoms with E-state index in [1.165, 1.54) is 0 Å². The van der Waals surface area contributed by atoms with Crippen LogP contribution in [0.5, 0.6) is 0 Å². The molecule has 156 valence electrons. The molecule has 1 unspecified atom stereocenters. The summed E-state index contributed by atoms with van der Waals surface area (Å²) >= 11 is 7.52. The van der Waals surface area contributed by atoms with Crippen LogP contribution < -0.4 is 22.1 Å². The van der Waals surface area contributed by atoms with Crippen molar-refractivity contribution in [3.8, 4) is 0 Å². The van der Waals surface area contributed by atoms with Crippen LogP contribution in [0.2, 0.25) is 0 Å². The first-order chi connectivity index (χ1) is 12.5. The van der Waals surface area contributed by atoms with Gasteiger partial charge in [0.2, 0.25) is 11.8 Å². The highest BCUT2D eigenvalue weighted by Gasteiger charge is 2.20. The molecule has 2 amide bonds. The van der Waals surface area contributed by atoms with Gasteiger partial charge in [0.15, 0.2) is 0 Å². The summed E-state index contributed by atoms with van der Waals surface area (Å²) in [6.07, 6.45) is -0.235. The fourth-order valence-electron chi connectivity index (χ4n) is 1.23. The second-order valence-electron chi connectivity index (χ2n) is 5.02. The van der Waals surface area contributed by atoms with Gasteiger partial charge in [-0.05, 0) is 6.42 Å². The number of carbonyl (C=O) groups is 5. The van der Waals surface area contributed by atoms with E-state index < -0.39 is 54.4 Å². The van der Waals surface area contributed by atoms with E-state index in [9.17, 15) is 24.0 Å². The molecule has 0 fully saturated rings. The molecule has 0 bridgehead atoms. The van der Waals surface area contributed by atoms with Crippen molar-refractivity contribution in [3.05, 3.63) is 0 Å². The van der Waals surface area contributed by atoms with Gasteiger partial charge in [0.1, 0.15) is 24.7 Å². The molecular weight excluding hydrogens is 404 g/mol. The van der Waals surface area contributed by atoms with Gasteiger partial charge in [-0.15, -0.1) is 0 Å². The molecule has 14 heteroatoms. The van der Waals surface area contributed by atoms with Crippen LogP contribution in [0.15, 0.2) is 0 Å². The predicted molar refractivity (Wildman–Crippen MR) is 101 cm³/mol. The highest BCUT2D eigenvalue weighted by Crippen LogP contribution is 1.97. The highest BCUT2D eigenvalue weighted by atomic mass is 32.1. The Hall–Kier alpha value is -2.03. The summed E-state index contributed by atoms with van der Waals surface area (Å²) in [6, 6.07) is -2.97. The minimum absolute atomic E-state index is 0.0256. The first-order valence-electron chi connectivity index (χ1n) is 7.43. The van der Waals surface area contributed by atoms with Gasteiger partial charge < -0.3 is 37.4 Å². The number of rotatable bonds is 11. The summed E-state index contributed by atoms with van der Waals surface area (Å²) in [6.45, 7) is -0.567. The maximum atomic E-state index is 11.5. The minimum atomic E-state index is -1.22. The Kier molecular flexibility index (Phi) is 15.2. The first kappa shape index (κ1) is 27.2. The highest BCUT2D eigenvalue weighted by molar-refractivity contribution is 7.80. The van der Waals surface area contributed by atoms with Gasteiger partial charge in [0, 0.05) is 17.9 Å². The topological polar surface area (TPSA) is 222 Å². The third-order valence-electron chi connectivity index (χ3n) is 2.76. The standard InChI is InChI=1S/C10H17N3O6S.C3H7NO2S/c11-5(10(18)19)1-2-7(14)13-6(4-20)9(17)12-3-8(15)16;4-2(1-7)3(5)6/h5-6,20H,1-4,11H2,(H,12,17)(H,13,14)(H,15,16)(H,18,19);2,7H,1,4H2,(H,5,6)/t5-,6-;/m0./s1. The quantitative estimate of drug-likeness (QED) is 0.153. The van der Waals surface area contributed by atoms with Gasteiger partial charge in [-0.3, -0.25) is 24.0 Å². The summed E-state index contributed by atoms with van der Waals surface area (Å²) in [5.41, 5.74) is 10.2. The Labute approximate surface area is 165 Å². The molecule has 0 aromatic rings. The number of hydrogen-bond acceptors (Lipinski definition) is 9. The van der Waals surface area contributed by atoms with Gasteiger partial charge in [-0.25, -0.2) is 0 Å². The molecule has 0 aliphatic carbocycles. The number of carboxylic acids is 3. The van der Waals surface area contributed by atoms with Gasteiger partial charge >= 0.3 is 17.9 Å². The molecule has 9 N–H and O–H groups in total. The molecule has 0 aliphatic heterocycles. The Morgan fingerprint density at radius 3 is 1.74 bits per heavy atom. The van der Waals surface area contributed by atoms with Crippen molar-refractivity contribution in [1.29, 1.82) is 0 Å². The van der Waals surface area contributed by atoms with Gasteiger partial charge in [0.05, 0.1) is 0 Å². The van der Waals surface area contributed by atoms with Crippen molar-refractivity contribution >= 4 is 55.0 Å². The first-order valence-corrected chi connectivity index (χ1v) is 8.70. The van der Waals surface area contributed by atoms with Crippen LogP contribution in [0, 0.1) is 0 Å². The SMILES string of the molecule is NC(CS)C(=O)O.N[C@@H](CCC(=O)N[C@@H](CS)C(=O)NCC(=O)O)C(=O)O. The zero-order valence-corrected chi connectivity index (χ0v) is 16.0. The van der Waals surface area contributed by atoms with E-state index in [0.717, 1.165) is 0 Å². The molecule has 0 aromatic carbocycles. The van der Waals surface area contributed by atoms with Crippen molar-refractivity contribution in [2.45, 2.75) is 31.0 Å². The lowest BCUT2D eigenvalue weighted by Crippen LogP contribution is -2.49. The fraction of sp³-hybridized carbons (Fsp3) is 0.615. The lowest BCUT2D eigenvalue weighted by atomic mass is 10.1. The molecule has 27 heavy (non-hydrogen) atoms. The van der Waals surface area contributed by atoms with Gasteiger partial charge in [-0.2, -0.15) is 25.3 Å². The van der Waals surface area contributed by atoms with Crippen molar-refractivity contribution in [2.75, 3.05) is 18.1 Å². The Morgan fingerprint density at radius 1 is 0.889 bits per heavy atom. The molecule has 0 saturated carbocycles. The Bertz CT molecular complexity index is 534. The Morgan fingerprint density at radius 2 is 1.41 bits per heavy atom. The summed E-state index contributed by atoms with van der Waals surface area (Å²) in [7, 11) is 0. The van der Waals surface area contributed by atoms with Crippen molar-refractivity contribution in [1.82, 2.24) is 10.6 Å². The third-order valence-corrected chi connectivity index (χ3v) is 3.52. The second-order valence-corrected chi connectivity index (χ2v) is 5.76. The number of thiol groups is 2. The predicted octanol–water partition coefficient (Wildman–Crippen LogP) is -2.88. The molecule has 0 saturated heterocycles. The normalized spacial score (nSPS) is 13.2. The fourth-order valence-corrected chi connectivity index (χ4v) is 1.65. The van der Waals surface area contributed by atoms with Crippen LogP contribution in [-0.4, -0.2) is 81.2 Å². The van der Waals surface area contributed by atoms with Crippen LogP contribution >= 0.6 is 25.3 Å². The van der Waals surface area contributed by atoms with Crippen LogP contribution in [0.3, 0.4) is 0 Å². The van der Waals surface area contributed by atoms with Crippen molar-refractivity contribution < 1.29 is 39.3 Å². The number of carbonyl (C=O) groups excluding carboxylic acids is 2. The average molecular weight is 428 g/mol. The zero-order valence-electron chi connectivity index (χ0n) is 14.2. The van der Waals surface area contributed by atoms with Crippen LogP contribution in [0.4, 0.5) is 0 Å².